The summed E-state index contributed by atoms with van der Waals surface area (Å²) in [7, 11) is 0. The first-order valence-corrected chi connectivity index (χ1v) is 7.59. The molecule has 0 aliphatic heterocycles. The van der Waals surface area contributed by atoms with Crippen molar-refractivity contribution < 1.29 is 14.3 Å². The molecule has 0 saturated heterocycles. The number of aryl methyl sites for hydroxylation is 1. The quantitative estimate of drug-likeness (QED) is 0.769. The van der Waals surface area contributed by atoms with Crippen LogP contribution in [-0.2, 0) is 11.2 Å². The third kappa shape index (κ3) is 4.37. The normalized spacial score (nSPS) is 22.6. The van der Waals surface area contributed by atoms with Crippen LogP contribution in [0.25, 0.3) is 0 Å². The lowest BCUT2D eigenvalue weighted by Gasteiger charge is -2.12. The summed E-state index contributed by atoms with van der Waals surface area (Å²) in [5.74, 6) is 3.36. The number of carbonyl (C=O) groups excluding carboxylic acids is 1. The second-order valence-corrected chi connectivity index (χ2v) is 5.96. The van der Waals surface area contributed by atoms with Crippen LogP contribution in [0.2, 0.25) is 0 Å². The third-order valence-corrected chi connectivity index (χ3v) is 3.96. The van der Waals surface area contributed by atoms with Crippen LogP contribution in [0.1, 0.15) is 57.0 Å². The van der Waals surface area contributed by atoms with Gasteiger partial charge in [-0.1, -0.05) is 6.92 Å². The van der Waals surface area contributed by atoms with Crippen LogP contribution in [0, 0.1) is 5.92 Å². The largest absolute Gasteiger partial charge is 0.466 e. The number of furan rings is 1. The molecule has 4 nitrogen and oxygen atoms in total. The van der Waals surface area contributed by atoms with Crippen LogP contribution in [0.4, 0.5) is 0 Å². The Bertz CT molecular complexity index is 441. The molecule has 0 radical (unpaired) electrons. The molecule has 1 aliphatic carbocycles. The Morgan fingerprint density at radius 2 is 2.30 bits per heavy atom. The Balaban J connectivity index is 1.69. The number of rotatable bonds is 8. The highest BCUT2D eigenvalue weighted by Crippen LogP contribution is 2.47. The van der Waals surface area contributed by atoms with Gasteiger partial charge in [0.2, 0.25) is 5.91 Å². The highest BCUT2D eigenvalue weighted by molar-refractivity contribution is 5.76. The third-order valence-electron chi connectivity index (χ3n) is 3.96. The molecule has 0 spiro atoms. The van der Waals surface area contributed by atoms with Crippen molar-refractivity contribution in [3.8, 4) is 0 Å². The van der Waals surface area contributed by atoms with E-state index in [2.05, 4.69) is 12.2 Å². The molecule has 3 atom stereocenters. The van der Waals surface area contributed by atoms with E-state index in [-0.39, 0.29) is 18.6 Å². The minimum atomic E-state index is 0.0492. The summed E-state index contributed by atoms with van der Waals surface area (Å²) in [6.07, 6.45) is 3.86. The lowest BCUT2D eigenvalue weighted by Crippen LogP contribution is -2.32. The van der Waals surface area contributed by atoms with Crippen molar-refractivity contribution in [1.29, 1.82) is 0 Å². The van der Waals surface area contributed by atoms with Crippen molar-refractivity contribution in [2.45, 2.75) is 57.9 Å². The van der Waals surface area contributed by atoms with Crippen molar-refractivity contribution in [2.24, 2.45) is 5.92 Å². The summed E-state index contributed by atoms with van der Waals surface area (Å²) in [5.41, 5.74) is 0. The fraction of sp³-hybridized carbons (Fsp3) is 0.688. The number of nitrogens with one attached hydrogen (secondary N) is 1. The Labute approximate surface area is 120 Å². The van der Waals surface area contributed by atoms with Crippen LogP contribution >= 0.6 is 0 Å². The SMILES string of the molecule is CC(CCCO)NC(=O)CCc1ccc(C2CC2C)o1. The number of hydrogen-bond acceptors (Lipinski definition) is 3. The van der Waals surface area contributed by atoms with Gasteiger partial charge in [-0.25, -0.2) is 0 Å². The first kappa shape index (κ1) is 15.1. The molecule has 1 saturated carbocycles. The molecule has 4 heteroatoms. The monoisotopic (exact) mass is 279 g/mol. The van der Waals surface area contributed by atoms with E-state index in [1.807, 2.05) is 19.1 Å². The molecule has 2 N–H and O–H groups in total. The summed E-state index contributed by atoms with van der Waals surface area (Å²) >= 11 is 0. The zero-order chi connectivity index (χ0) is 14.5. The number of hydrogen-bond donors (Lipinski definition) is 2. The smallest absolute Gasteiger partial charge is 0.220 e. The Hall–Kier alpha value is -1.29. The molecule has 3 unspecified atom stereocenters. The van der Waals surface area contributed by atoms with Gasteiger partial charge < -0.3 is 14.8 Å². The molecule has 112 valence electrons. The number of aliphatic hydroxyl groups excluding tert-OH is 1. The van der Waals surface area contributed by atoms with Gasteiger partial charge in [0.1, 0.15) is 11.5 Å². The van der Waals surface area contributed by atoms with Crippen LogP contribution in [0.3, 0.4) is 0 Å². The van der Waals surface area contributed by atoms with Gasteiger partial charge in [-0.3, -0.25) is 4.79 Å². The van der Waals surface area contributed by atoms with Crippen molar-refractivity contribution in [3.05, 3.63) is 23.7 Å². The minimum Gasteiger partial charge on any atom is -0.466 e. The second kappa shape index (κ2) is 6.93. The number of amides is 1. The van der Waals surface area contributed by atoms with Crippen molar-refractivity contribution in [3.63, 3.8) is 0 Å². The van der Waals surface area contributed by atoms with Gasteiger partial charge in [-0.2, -0.15) is 0 Å². The van der Waals surface area contributed by atoms with Crippen LogP contribution in [-0.4, -0.2) is 23.7 Å². The summed E-state index contributed by atoms with van der Waals surface area (Å²) in [5, 5.41) is 11.7. The predicted octanol–water partition coefficient (Wildman–Crippen LogP) is 2.61. The zero-order valence-electron chi connectivity index (χ0n) is 12.4. The topological polar surface area (TPSA) is 62.5 Å². The standard InChI is InChI=1S/C16H25NO3/c1-11-10-14(11)15-7-5-13(20-15)6-8-16(19)17-12(2)4-3-9-18/h5,7,11-12,14,18H,3-4,6,8-10H2,1-2H3,(H,17,19). The van der Waals surface area contributed by atoms with Crippen molar-refractivity contribution in [2.75, 3.05) is 6.61 Å². The second-order valence-electron chi connectivity index (χ2n) is 5.96. The van der Waals surface area contributed by atoms with E-state index in [4.69, 9.17) is 9.52 Å². The Morgan fingerprint density at radius 1 is 1.55 bits per heavy atom. The fourth-order valence-corrected chi connectivity index (χ4v) is 2.50. The summed E-state index contributed by atoms with van der Waals surface area (Å²) < 4.78 is 5.79. The van der Waals surface area contributed by atoms with Gasteiger partial charge in [0, 0.05) is 31.4 Å². The highest BCUT2D eigenvalue weighted by Gasteiger charge is 2.36. The van der Waals surface area contributed by atoms with Crippen LogP contribution in [0.15, 0.2) is 16.5 Å². The Morgan fingerprint density at radius 3 is 2.95 bits per heavy atom. The summed E-state index contributed by atoms with van der Waals surface area (Å²) in [4.78, 5) is 11.8. The first-order chi connectivity index (χ1) is 9.60. The Kier molecular flexibility index (Phi) is 5.24. The fourth-order valence-electron chi connectivity index (χ4n) is 2.50. The van der Waals surface area contributed by atoms with Gasteiger partial charge in [-0.05, 0) is 44.2 Å². The van der Waals surface area contributed by atoms with Gasteiger partial charge in [0.15, 0.2) is 0 Å². The van der Waals surface area contributed by atoms with Crippen LogP contribution in [0.5, 0.6) is 0 Å². The van der Waals surface area contributed by atoms with Crippen molar-refractivity contribution >= 4 is 5.91 Å². The molecule has 1 heterocycles. The van der Waals surface area contributed by atoms with E-state index < -0.39 is 0 Å². The van der Waals surface area contributed by atoms with Gasteiger partial charge >= 0.3 is 0 Å². The highest BCUT2D eigenvalue weighted by atomic mass is 16.3. The van der Waals surface area contributed by atoms with E-state index in [0.717, 1.165) is 30.3 Å². The molecule has 1 amide bonds. The lowest BCUT2D eigenvalue weighted by atomic mass is 10.1. The maximum Gasteiger partial charge on any atom is 0.220 e. The predicted molar refractivity (Wildman–Crippen MR) is 77.5 cm³/mol. The molecule has 0 aromatic carbocycles. The van der Waals surface area contributed by atoms with E-state index in [9.17, 15) is 4.79 Å². The zero-order valence-corrected chi connectivity index (χ0v) is 12.4. The average molecular weight is 279 g/mol. The summed E-state index contributed by atoms with van der Waals surface area (Å²) in [6.45, 7) is 4.37. The van der Waals surface area contributed by atoms with E-state index >= 15 is 0 Å². The molecular weight excluding hydrogens is 254 g/mol. The van der Waals surface area contributed by atoms with Gasteiger partial charge in [0.05, 0.1) is 0 Å². The van der Waals surface area contributed by atoms with E-state index in [1.165, 1.54) is 6.42 Å². The van der Waals surface area contributed by atoms with E-state index in [1.54, 1.807) is 0 Å². The minimum absolute atomic E-state index is 0.0492. The lowest BCUT2D eigenvalue weighted by molar-refractivity contribution is -0.121. The maximum atomic E-state index is 11.8. The molecular formula is C16H25NO3. The van der Waals surface area contributed by atoms with E-state index in [0.29, 0.717) is 18.8 Å². The molecule has 1 aliphatic rings. The first-order valence-electron chi connectivity index (χ1n) is 7.59. The number of carbonyl (C=O) groups is 1. The van der Waals surface area contributed by atoms with Crippen molar-refractivity contribution in [1.82, 2.24) is 5.32 Å². The average Bonchev–Trinajstić information content (AvgIpc) is 2.97. The molecule has 1 aromatic rings. The maximum absolute atomic E-state index is 11.8. The van der Waals surface area contributed by atoms with Crippen LogP contribution < -0.4 is 5.32 Å². The summed E-state index contributed by atoms with van der Waals surface area (Å²) in [6, 6.07) is 4.16. The molecule has 1 aromatic heterocycles. The molecule has 0 bridgehead atoms. The molecule has 2 rings (SSSR count). The number of aliphatic hydroxyl groups is 1. The molecule has 20 heavy (non-hydrogen) atoms. The molecule has 1 fully saturated rings. The van der Waals surface area contributed by atoms with Gasteiger partial charge in [-0.15, -0.1) is 0 Å². The van der Waals surface area contributed by atoms with Gasteiger partial charge in [0.25, 0.3) is 0 Å².